The average Bonchev–Trinajstić information content (AvgIpc) is 3.11. The molecule has 0 saturated heterocycles. The van der Waals surface area contributed by atoms with Crippen molar-refractivity contribution in [2.75, 3.05) is 11.9 Å². The highest BCUT2D eigenvalue weighted by molar-refractivity contribution is 6.30. The van der Waals surface area contributed by atoms with Gasteiger partial charge in [-0.2, -0.15) is 0 Å². The molecule has 0 aliphatic rings. The second-order valence-corrected chi connectivity index (χ2v) is 8.70. The van der Waals surface area contributed by atoms with Gasteiger partial charge in [0.25, 0.3) is 0 Å². The van der Waals surface area contributed by atoms with Gasteiger partial charge in [-0.25, -0.2) is 11.4 Å². The number of nitrogens with one attached hydrogen (secondary N) is 1. The number of hydrogen-bond donors (Lipinski definition) is 1. The number of aromatic nitrogens is 1. The van der Waals surface area contributed by atoms with Crippen molar-refractivity contribution in [3.63, 3.8) is 0 Å². The number of nitrogens with zero attached hydrogens (tertiary/aromatic N) is 2. The molecule has 0 bridgehead atoms. The van der Waals surface area contributed by atoms with Gasteiger partial charge in [-0.1, -0.05) is 36.7 Å². The van der Waals surface area contributed by atoms with E-state index in [2.05, 4.69) is 21.7 Å². The Labute approximate surface area is 182 Å². The fourth-order valence-electron chi connectivity index (χ4n) is 3.75. The van der Waals surface area contributed by atoms with Crippen LogP contribution in [0.5, 0.6) is 0 Å². The van der Waals surface area contributed by atoms with Crippen LogP contribution in [0, 0.1) is 6.57 Å². The normalized spacial score (nSPS) is 13.5. The number of amides is 1. The average molecular weight is 424 g/mol. The topological polar surface area (TPSA) is 47.6 Å². The molecule has 1 atom stereocenters. The van der Waals surface area contributed by atoms with Gasteiger partial charge in [-0.3, -0.25) is 5.32 Å². The minimum absolute atomic E-state index is 0.290. The van der Waals surface area contributed by atoms with Crippen LogP contribution >= 0.6 is 11.6 Å². The van der Waals surface area contributed by atoms with Crippen LogP contribution in [-0.2, 0) is 10.3 Å². The smallest absolute Gasteiger partial charge is 0.412 e. The molecule has 156 valence electrons. The lowest BCUT2D eigenvalue weighted by atomic mass is 9.86. The Bertz CT molecular complexity index is 1090. The number of carbonyl (C=O) groups excluding carboxylic acids is 1. The van der Waals surface area contributed by atoms with Crippen LogP contribution in [-0.4, -0.2) is 22.8 Å². The molecule has 1 heterocycles. The predicted octanol–water partition coefficient (Wildman–Crippen LogP) is 6.71. The van der Waals surface area contributed by atoms with Gasteiger partial charge in [-0.15, -0.1) is 0 Å². The van der Waals surface area contributed by atoms with Crippen molar-refractivity contribution in [1.82, 2.24) is 4.57 Å². The first-order chi connectivity index (χ1) is 14.2. The molecule has 0 fully saturated rings. The fraction of sp³-hybridized carbons (Fsp3) is 0.333. The first-order valence-corrected chi connectivity index (χ1v) is 10.3. The minimum Gasteiger partial charge on any atom is -0.444 e. The SMILES string of the molecule is [C-]#[N+]CC(CC)(c1ccc(Cl)cc1)n1ccc2c(NC(=O)OC(C)(C)C)cccc21. The minimum atomic E-state index is -0.578. The molecule has 5 nitrogen and oxygen atoms in total. The zero-order chi connectivity index (χ0) is 21.9. The number of benzene rings is 2. The summed E-state index contributed by atoms with van der Waals surface area (Å²) in [6, 6.07) is 15.4. The Morgan fingerprint density at radius 3 is 2.47 bits per heavy atom. The number of halogens is 1. The summed E-state index contributed by atoms with van der Waals surface area (Å²) in [5, 5.41) is 4.40. The van der Waals surface area contributed by atoms with Gasteiger partial charge in [-0.05, 0) is 63.1 Å². The Hall–Kier alpha value is -2.97. The molecule has 0 spiro atoms. The van der Waals surface area contributed by atoms with Crippen LogP contribution in [0.4, 0.5) is 10.5 Å². The highest BCUT2D eigenvalue weighted by Gasteiger charge is 2.37. The molecule has 30 heavy (non-hydrogen) atoms. The second-order valence-electron chi connectivity index (χ2n) is 8.26. The molecule has 0 aliphatic heterocycles. The highest BCUT2D eigenvalue weighted by atomic mass is 35.5. The molecule has 3 aromatic rings. The molecule has 3 rings (SSSR count). The van der Waals surface area contributed by atoms with Gasteiger partial charge in [0.1, 0.15) is 11.1 Å². The Morgan fingerprint density at radius 2 is 1.87 bits per heavy atom. The van der Waals surface area contributed by atoms with Gasteiger partial charge < -0.3 is 14.1 Å². The monoisotopic (exact) mass is 423 g/mol. The summed E-state index contributed by atoms with van der Waals surface area (Å²) < 4.78 is 7.52. The van der Waals surface area contributed by atoms with E-state index in [9.17, 15) is 4.79 Å². The van der Waals surface area contributed by atoms with E-state index in [-0.39, 0.29) is 0 Å². The molecule has 0 saturated carbocycles. The van der Waals surface area contributed by atoms with Crippen molar-refractivity contribution in [3.8, 4) is 0 Å². The van der Waals surface area contributed by atoms with Crippen LogP contribution in [0.1, 0.15) is 39.7 Å². The summed E-state index contributed by atoms with van der Waals surface area (Å²) in [5.74, 6) is 0. The van der Waals surface area contributed by atoms with E-state index < -0.39 is 17.2 Å². The van der Waals surface area contributed by atoms with Gasteiger partial charge in [0.15, 0.2) is 0 Å². The number of hydrogen-bond acceptors (Lipinski definition) is 2. The van der Waals surface area contributed by atoms with Gasteiger partial charge in [0.2, 0.25) is 6.54 Å². The van der Waals surface area contributed by atoms with Crippen molar-refractivity contribution >= 4 is 34.3 Å². The van der Waals surface area contributed by atoms with E-state index in [0.29, 0.717) is 17.3 Å². The quantitative estimate of drug-likeness (QED) is 0.463. The molecular weight excluding hydrogens is 398 g/mol. The maximum atomic E-state index is 12.3. The molecular formula is C24H26ClN3O2. The summed E-state index contributed by atoms with van der Waals surface area (Å²) in [5.41, 5.74) is 1.51. The summed E-state index contributed by atoms with van der Waals surface area (Å²) in [4.78, 5) is 16.1. The van der Waals surface area contributed by atoms with Gasteiger partial charge in [0, 0.05) is 16.6 Å². The van der Waals surface area contributed by atoms with Crippen LogP contribution in [0.15, 0.2) is 54.7 Å². The van der Waals surface area contributed by atoms with Crippen molar-refractivity contribution in [3.05, 3.63) is 76.7 Å². The second kappa shape index (κ2) is 8.41. The molecule has 6 heteroatoms. The first-order valence-electron chi connectivity index (χ1n) is 9.90. The summed E-state index contributed by atoms with van der Waals surface area (Å²) in [6.07, 6.45) is 2.21. The maximum Gasteiger partial charge on any atom is 0.412 e. The summed E-state index contributed by atoms with van der Waals surface area (Å²) >= 11 is 6.10. The molecule has 2 aromatic carbocycles. The van der Waals surface area contributed by atoms with E-state index in [1.807, 2.05) is 75.5 Å². The van der Waals surface area contributed by atoms with Crippen molar-refractivity contribution in [1.29, 1.82) is 0 Å². The van der Waals surface area contributed by atoms with Crippen LogP contribution < -0.4 is 5.32 Å². The lowest BCUT2D eigenvalue weighted by Gasteiger charge is -2.31. The zero-order valence-electron chi connectivity index (χ0n) is 17.7. The molecule has 1 aromatic heterocycles. The third-order valence-electron chi connectivity index (χ3n) is 5.14. The Balaban J connectivity index is 2.10. The number of rotatable bonds is 5. The Kier molecular flexibility index (Phi) is 6.09. The lowest BCUT2D eigenvalue weighted by Crippen LogP contribution is -2.36. The van der Waals surface area contributed by atoms with E-state index in [4.69, 9.17) is 22.9 Å². The number of fused-ring (bicyclic) bond motifs is 1. The largest absolute Gasteiger partial charge is 0.444 e. The van der Waals surface area contributed by atoms with Crippen LogP contribution in [0.2, 0.25) is 5.02 Å². The number of carbonyl (C=O) groups is 1. The summed E-state index contributed by atoms with van der Waals surface area (Å²) in [6.45, 7) is 15.4. The van der Waals surface area contributed by atoms with Gasteiger partial charge in [0.05, 0.1) is 11.2 Å². The van der Waals surface area contributed by atoms with Gasteiger partial charge >= 0.3 is 6.09 Å². The zero-order valence-corrected chi connectivity index (χ0v) is 18.5. The van der Waals surface area contributed by atoms with E-state index in [0.717, 1.165) is 22.9 Å². The predicted molar refractivity (Wildman–Crippen MR) is 122 cm³/mol. The maximum absolute atomic E-state index is 12.3. The highest BCUT2D eigenvalue weighted by Crippen LogP contribution is 2.37. The standard InChI is InChI=1S/C24H26ClN3O2/c1-6-24(16-26-5,17-10-12-18(25)13-11-17)28-15-14-19-20(8-7-9-21(19)28)27-22(29)30-23(2,3)4/h7-15H,6,16H2,1-4H3,(H,27,29). The molecule has 0 radical (unpaired) electrons. The first kappa shape index (κ1) is 21.7. The molecule has 1 amide bonds. The molecule has 1 unspecified atom stereocenters. The third kappa shape index (κ3) is 4.29. The number of anilines is 1. The molecule has 1 N–H and O–H groups in total. The van der Waals surface area contributed by atoms with E-state index >= 15 is 0 Å². The van der Waals surface area contributed by atoms with Crippen molar-refractivity contribution < 1.29 is 9.53 Å². The van der Waals surface area contributed by atoms with E-state index in [1.54, 1.807) is 0 Å². The van der Waals surface area contributed by atoms with Crippen molar-refractivity contribution in [2.24, 2.45) is 0 Å². The van der Waals surface area contributed by atoms with Crippen LogP contribution in [0.3, 0.4) is 0 Å². The van der Waals surface area contributed by atoms with Crippen LogP contribution in [0.25, 0.3) is 15.7 Å². The van der Waals surface area contributed by atoms with E-state index in [1.165, 1.54) is 0 Å². The lowest BCUT2D eigenvalue weighted by molar-refractivity contribution is 0.0636. The number of ether oxygens (including phenoxy) is 1. The van der Waals surface area contributed by atoms with Crippen molar-refractivity contribution in [2.45, 2.75) is 45.3 Å². The Morgan fingerprint density at radius 1 is 1.17 bits per heavy atom. The third-order valence-corrected chi connectivity index (χ3v) is 5.39. The molecule has 0 aliphatic carbocycles. The summed E-state index contributed by atoms with van der Waals surface area (Å²) in [7, 11) is 0. The fourth-order valence-corrected chi connectivity index (χ4v) is 3.87.